The summed E-state index contributed by atoms with van der Waals surface area (Å²) >= 11 is 0. The fourth-order valence-corrected chi connectivity index (χ4v) is 2.94. The molecule has 1 aromatic heterocycles. The van der Waals surface area contributed by atoms with Crippen LogP contribution in [0.15, 0.2) is 41.2 Å². The van der Waals surface area contributed by atoms with Crippen molar-refractivity contribution in [2.75, 3.05) is 7.11 Å². The topological polar surface area (TPSA) is 58.3 Å². The van der Waals surface area contributed by atoms with Gasteiger partial charge in [-0.05, 0) is 43.5 Å². The zero-order valence-corrected chi connectivity index (χ0v) is 15.7. The molecule has 0 atom stereocenters. The molecule has 0 aliphatic carbocycles. The Kier molecular flexibility index (Phi) is 4.84. The monoisotopic (exact) mass is 353 g/mol. The molecule has 0 radical (unpaired) electrons. The van der Waals surface area contributed by atoms with Crippen LogP contribution in [0.25, 0.3) is 5.69 Å². The minimum atomic E-state index is -0.260. The zero-order valence-electron chi connectivity index (χ0n) is 15.7. The Balaban J connectivity index is 2.04. The van der Waals surface area contributed by atoms with Crippen molar-refractivity contribution < 1.29 is 9.47 Å². The largest absolute Gasteiger partial charge is 0.489 e. The molecule has 6 heteroatoms. The second-order valence-corrected chi connectivity index (χ2v) is 6.37. The number of hydrogen-bond donors (Lipinski definition) is 0. The summed E-state index contributed by atoms with van der Waals surface area (Å²) in [6, 6.07) is 12.2. The van der Waals surface area contributed by atoms with Crippen LogP contribution in [0, 0.1) is 20.8 Å². The third-order valence-corrected chi connectivity index (χ3v) is 4.35. The molecule has 3 rings (SSSR count). The summed E-state index contributed by atoms with van der Waals surface area (Å²) in [4.78, 5) is 12.6. The van der Waals surface area contributed by atoms with E-state index in [-0.39, 0.29) is 11.7 Å². The summed E-state index contributed by atoms with van der Waals surface area (Å²) in [7, 11) is 3.11. The highest BCUT2D eigenvalue weighted by Gasteiger charge is 2.19. The van der Waals surface area contributed by atoms with Gasteiger partial charge in [-0.2, -0.15) is 0 Å². The van der Waals surface area contributed by atoms with E-state index in [2.05, 4.69) is 11.2 Å². The number of ether oxygens (including phenoxy) is 2. The molecule has 6 nitrogen and oxygen atoms in total. The molecule has 0 saturated carbocycles. The highest BCUT2D eigenvalue weighted by Crippen LogP contribution is 2.25. The van der Waals surface area contributed by atoms with Gasteiger partial charge in [0.1, 0.15) is 12.4 Å². The van der Waals surface area contributed by atoms with Crippen molar-refractivity contribution in [2.45, 2.75) is 27.4 Å². The standard InChI is InChI=1S/C20H23N3O3/c1-13-9-10-14(2)17(11-13)26-12-16-8-6-7-15(3)18(16)23-19(25-5)21-22(4)20(23)24/h6-11H,12H2,1-5H3. The lowest BCUT2D eigenvalue weighted by Gasteiger charge is -2.15. The first-order chi connectivity index (χ1) is 12.4. The molecular formula is C20H23N3O3. The maximum atomic E-state index is 12.6. The molecule has 3 aromatic rings. The Hall–Kier alpha value is -3.02. The molecule has 0 aliphatic heterocycles. The fourth-order valence-electron chi connectivity index (χ4n) is 2.94. The van der Waals surface area contributed by atoms with E-state index in [9.17, 15) is 4.79 Å². The molecule has 2 aromatic carbocycles. The van der Waals surface area contributed by atoms with E-state index >= 15 is 0 Å². The van der Waals surface area contributed by atoms with Gasteiger partial charge in [-0.3, -0.25) is 0 Å². The van der Waals surface area contributed by atoms with Gasteiger partial charge >= 0.3 is 11.7 Å². The fraction of sp³-hybridized carbons (Fsp3) is 0.300. The van der Waals surface area contributed by atoms with E-state index in [1.807, 2.05) is 51.1 Å². The Labute approximate surface area is 152 Å². The maximum Gasteiger partial charge on any atom is 0.353 e. The van der Waals surface area contributed by atoms with Crippen LogP contribution in [-0.2, 0) is 13.7 Å². The Bertz CT molecular complexity index is 1000. The molecule has 0 aliphatic rings. The Morgan fingerprint density at radius 3 is 2.58 bits per heavy atom. The predicted octanol–water partition coefficient (Wildman–Crippen LogP) is 3.08. The van der Waals surface area contributed by atoms with Gasteiger partial charge in [-0.15, -0.1) is 5.10 Å². The summed E-state index contributed by atoms with van der Waals surface area (Å²) in [5.74, 6) is 0.836. The molecule has 1 heterocycles. The van der Waals surface area contributed by atoms with Crippen molar-refractivity contribution in [3.63, 3.8) is 0 Å². The molecule has 0 unspecified atom stereocenters. The summed E-state index contributed by atoms with van der Waals surface area (Å²) < 4.78 is 14.1. The lowest BCUT2D eigenvalue weighted by molar-refractivity contribution is 0.302. The van der Waals surface area contributed by atoms with Crippen molar-refractivity contribution in [3.8, 4) is 17.4 Å². The molecule has 0 fully saturated rings. The molecule has 0 amide bonds. The quantitative estimate of drug-likeness (QED) is 0.707. The van der Waals surface area contributed by atoms with Crippen LogP contribution < -0.4 is 15.2 Å². The molecular weight excluding hydrogens is 330 g/mol. The van der Waals surface area contributed by atoms with E-state index in [0.717, 1.165) is 33.7 Å². The van der Waals surface area contributed by atoms with Gasteiger partial charge in [0.25, 0.3) is 0 Å². The molecule has 0 spiro atoms. The first-order valence-corrected chi connectivity index (χ1v) is 8.41. The highest BCUT2D eigenvalue weighted by molar-refractivity contribution is 5.49. The van der Waals surface area contributed by atoms with Crippen LogP contribution in [-0.4, -0.2) is 21.5 Å². The van der Waals surface area contributed by atoms with Crippen molar-refractivity contribution in [3.05, 3.63) is 69.1 Å². The number of aromatic nitrogens is 3. The number of benzene rings is 2. The number of methoxy groups -OCH3 is 1. The Morgan fingerprint density at radius 1 is 1.08 bits per heavy atom. The van der Waals surface area contributed by atoms with E-state index < -0.39 is 0 Å². The van der Waals surface area contributed by atoms with E-state index in [1.54, 1.807) is 7.05 Å². The lowest BCUT2D eigenvalue weighted by atomic mass is 10.1. The summed E-state index contributed by atoms with van der Waals surface area (Å²) in [6.45, 7) is 6.34. The van der Waals surface area contributed by atoms with Gasteiger partial charge in [0.2, 0.25) is 0 Å². The van der Waals surface area contributed by atoms with Crippen LogP contribution in [0.5, 0.6) is 11.8 Å². The average molecular weight is 353 g/mol. The SMILES string of the molecule is COc1nn(C)c(=O)n1-c1c(C)cccc1COc1cc(C)ccc1C. The smallest absolute Gasteiger partial charge is 0.353 e. The number of hydrogen-bond acceptors (Lipinski definition) is 4. The van der Waals surface area contributed by atoms with Gasteiger partial charge in [0.05, 0.1) is 12.8 Å². The zero-order chi connectivity index (χ0) is 18.8. The molecule has 0 bridgehead atoms. The third-order valence-electron chi connectivity index (χ3n) is 4.35. The van der Waals surface area contributed by atoms with E-state index in [4.69, 9.17) is 9.47 Å². The van der Waals surface area contributed by atoms with Gasteiger partial charge in [-0.25, -0.2) is 14.0 Å². The van der Waals surface area contributed by atoms with Crippen LogP contribution in [0.2, 0.25) is 0 Å². The van der Waals surface area contributed by atoms with Gasteiger partial charge in [0.15, 0.2) is 0 Å². The summed E-state index contributed by atoms with van der Waals surface area (Å²) in [5.41, 5.74) is 4.53. The molecule has 0 saturated heterocycles. The number of aryl methyl sites for hydroxylation is 4. The van der Waals surface area contributed by atoms with Crippen molar-refractivity contribution in [1.82, 2.24) is 14.3 Å². The first-order valence-electron chi connectivity index (χ1n) is 8.41. The summed E-state index contributed by atoms with van der Waals surface area (Å²) in [6.07, 6.45) is 0. The maximum absolute atomic E-state index is 12.6. The first kappa shape index (κ1) is 17.8. The van der Waals surface area contributed by atoms with Crippen LogP contribution in [0.1, 0.15) is 22.3 Å². The van der Waals surface area contributed by atoms with Gasteiger partial charge in [0, 0.05) is 12.6 Å². The molecule has 0 N–H and O–H groups in total. The van der Waals surface area contributed by atoms with E-state index in [0.29, 0.717) is 6.61 Å². The highest BCUT2D eigenvalue weighted by atomic mass is 16.5. The second kappa shape index (κ2) is 7.07. The molecule has 136 valence electrons. The van der Waals surface area contributed by atoms with Crippen LogP contribution in [0.4, 0.5) is 0 Å². The summed E-state index contributed by atoms with van der Waals surface area (Å²) in [5, 5.41) is 4.14. The minimum Gasteiger partial charge on any atom is -0.489 e. The normalized spacial score (nSPS) is 10.8. The number of nitrogens with zero attached hydrogens (tertiary/aromatic N) is 3. The van der Waals surface area contributed by atoms with Crippen molar-refractivity contribution in [1.29, 1.82) is 0 Å². The molecule has 26 heavy (non-hydrogen) atoms. The third kappa shape index (κ3) is 3.22. The van der Waals surface area contributed by atoms with Crippen molar-refractivity contribution in [2.24, 2.45) is 7.05 Å². The van der Waals surface area contributed by atoms with Crippen molar-refractivity contribution >= 4 is 0 Å². The number of para-hydroxylation sites is 1. The Morgan fingerprint density at radius 2 is 1.85 bits per heavy atom. The van der Waals surface area contributed by atoms with Crippen LogP contribution in [0.3, 0.4) is 0 Å². The lowest BCUT2D eigenvalue weighted by Crippen LogP contribution is -2.23. The number of rotatable bonds is 5. The van der Waals surface area contributed by atoms with Gasteiger partial charge in [-0.1, -0.05) is 30.3 Å². The predicted molar refractivity (Wildman–Crippen MR) is 100 cm³/mol. The van der Waals surface area contributed by atoms with Gasteiger partial charge < -0.3 is 9.47 Å². The second-order valence-electron chi connectivity index (χ2n) is 6.37. The minimum absolute atomic E-state index is 0.250. The average Bonchev–Trinajstić information content (AvgIpc) is 2.90. The van der Waals surface area contributed by atoms with Crippen LogP contribution >= 0.6 is 0 Å². The van der Waals surface area contributed by atoms with E-state index in [1.165, 1.54) is 16.4 Å².